The number of carbonyl (C=O) groups excluding carboxylic acids is 2. The molecule has 0 bridgehead atoms. The maximum atomic E-state index is 12.5. The largest absolute Gasteiger partial charge is 0.364 e. The summed E-state index contributed by atoms with van der Waals surface area (Å²) in [5.41, 5.74) is -0.0637. The van der Waals surface area contributed by atoms with Crippen molar-refractivity contribution in [3.8, 4) is 0 Å². The van der Waals surface area contributed by atoms with Crippen molar-refractivity contribution in [2.75, 3.05) is 0 Å². The quantitative estimate of drug-likeness (QED) is 0.590. The molecule has 0 radical (unpaired) electrons. The Morgan fingerprint density at radius 1 is 1.29 bits per heavy atom. The first-order valence-electron chi connectivity index (χ1n) is 7.59. The Morgan fingerprint density at radius 2 is 2.05 bits per heavy atom. The van der Waals surface area contributed by atoms with Gasteiger partial charge in [-0.25, -0.2) is 4.79 Å². The molecule has 1 aliphatic heterocycles. The summed E-state index contributed by atoms with van der Waals surface area (Å²) in [6.07, 6.45) is 9.28. The zero-order valence-electron chi connectivity index (χ0n) is 12.7. The second-order valence-corrected chi connectivity index (χ2v) is 5.85. The number of imide groups is 1. The van der Waals surface area contributed by atoms with Crippen molar-refractivity contribution in [2.24, 2.45) is 0 Å². The van der Waals surface area contributed by atoms with Gasteiger partial charge in [-0.05, 0) is 13.3 Å². The third-order valence-corrected chi connectivity index (χ3v) is 3.95. The van der Waals surface area contributed by atoms with Gasteiger partial charge in [0, 0.05) is 5.56 Å². The van der Waals surface area contributed by atoms with E-state index in [9.17, 15) is 9.59 Å². The molecule has 1 aliphatic rings. The fourth-order valence-corrected chi connectivity index (χ4v) is 2.63. The van der Waals surface area contributed by atoms with Crippen molar-refractivity contribution in [3.63, 3.8) is 0 Å². The Bertz CT molecular complexity index is 486. The van der Waals surface area contributed by atoms with Crippen LogP contribution in [-0.4, -0.2) is 27.5 Å². The van der Waals surface area contributed by atoms with Crippen LogP contribution in [0.5, 0.6) is 0 Å². The number of rotatable bonds is 8. The second-order valence-electron chi connectivity index (χ2n) is 5.85. The highest BCUT2D eigenvalue weighted by Crippen LogP contribution is 2.25. The Morgan fingerprint density at radius 3 is 2.71 bits per heavy atom. The minimum atomic E-state index is -0.777. The van der Waals surface area contributed by atoms with Gasteiger partial charge in [0.1, 0.15) is 11.8 Å². The molecule has 6 heteroatoms. The van der Waals surface area contributed by atoms with Crippen LogP contribution in [0.3, 0.4) is 0 Å². The highest BCUT2D eigenvalue weighted by atomic mass is 16.5. The maximum absolute atomic E-state index is 12.5. The van der Waals surface area contributed by atoms with Crippen LogP contribution in [0.4, 0.5) is 4.79 Å². The van der Waals surface area contributed by atoms with Gasteiger partial charge in [-0.15, -0.1) is 0 Å². The van der Waals surface area contributed by atoms with Gasteiger partial charge < -0.3 is 9.84 Å². The predicted octanol–water partition coefficient (Wildman–Crippen LogP) is 2.85. The highest BCUT2D eigenvalue weighted by Gasteiger charge is 2.47. The van der Waals surface area contributed by atoms with E-state index in [0.717, 1.165) is 12.8 Å². The number of nitrogens with one attached hydrogen (secondary N) is 1. The van der Waals surface area contributed by atoms with Crippen molar-refractivity contribution in [3.05, 3.63) is 18.0 Å². The summed E-state index contributed by atoms with van der Waals surface area (Å²) in [7, 11) is 0. The van der Waals surface area contributed by atoms with E-state index >= 15 is 0 Å². The van der Waals surface area contributed by atoms with E-state index in [1.807, 2.05) is 0 Å². The van der Waals surface area contributed by atoms with E-state index in [1.54, 1.807) is 6.92 Å². The Balaban J connectivity index is 1.90. The molecule has 116 valence electrons. The maximum Gasteiger partial charge on any atom is 0.325 e. The van der Waals surface area contributed by atoms with Crippen molar-refractivity contribution < 1.29 is 14.1 Å². The third kappa shape index (κ3) is 3.62. The monoisotopic (exact) mass is 293 g/mol. The molecule has 21 heavy (non-hydrogen) atoms. The van der Waals surface area contributed by atoms with Crippen LogP contribution in [0.25, 0.3) is 0 Å². The van der Waals surface area contributed by atoms with Crippen molar-refractivity contribution in [2.45, 2.75) is 64.5 Å². The SMILES string of the molecule is CCCCCCC[C@@]1(C)NC(=O)N(Cc2cnoc2)C1=O. The van der Waals surface area contributed by atoms with Crippen LogP contribution in [0, 0.1) is 0 Å². The molecule has 1 fully saturated rings. The fourth-order valence-electron chi connectivity index (χ4n) is 2.63. The van der Waals surface area contributed by atoms with Crippen LogP contribution in [0.2, 0.25) is 0 Å². The first kappa shape index (κ1) is 15.5. The number of aromatic nitrogens is 1. The molecule has 0 aliphatic carbocycles. The van der Waals surface area contributed by atoms with Gasteiger partial charge >= 0.3 is 6.03 Å². The molecule has 2 rings (SSSR count). The molecule has 1 aromatic rings. The van der Waals surface area contributed by atoms with Gasteiger partial charge in [0.2, 0.25) is 0 Å². The van der Waals surface area contributed by atoms with E-state index in [-0.39, 0.29) is 18.5 Å². The third-order valence-electron chi connectivity index (χ3n) is 3.95. The standard InChI is InChI=1S/C15H23N3O3/c1-3-4-5-6-7-8-15(2)13(19)18(14(20)17-15)10-12-9-16-21-11-12/h9,11H,3-8,10H2,1-2H3,(H,17,20)/t15-/m1/s1. The minimum absolute atomic E-state index is 0.163. The first-order chi connectivity index (χ1) is 10.1. The molecule has 0 unspecified atom stereocenters. The Hall–Kier alpha value is -1.85. The van der Waals surface area contributed by atoms with Crippen LogP contribution in [-0.2, 0) is 11.3 Å². The number of hydrogen-bond donors (Lipinski definition) is 1. The predicted molar refractivity (Wildman–Crippen MR) is 77.4 cm³/mol. The van der Waals surface area contributed by atoms with E-state index in [0.29, 0.717) is 12.0 Å². The summed E-state index contributed by atoms with van der Waals surface area (Å²) in [6.45, 7) is 4.19. The van der Waals surface area contributed by atoms with Gasteiger partial charge in [0.25, 0.3) is 5.91 Å². The molecule has 1 N–H and O–H groups in total. The summed E-state index contributed by atoms with van der Waals surface area (Å²) in [5, 5.41) is 6.40. The molecule has 1 saturated heterocycles. The van der Waals surface area contributed by atoms with E-state index in [4.69, 9.17) is 4.52 Å². The molecule has 1 aromatic heterocycles. The number of amides is 3. The van der Waals surface area contributed by atoms with Gasteiger partial charge in [-0.1, -0.05) is 44.2 Å². The molecule has 0 aromatic carbocycles. The summed E-state index contributed by atoms with van der Waals surface area (Å²) < 4.78 is 4.73. The molecular weight excluding hydrogens is 270 g/mol. The lowest BCUT2D eigenvalue weighted by Crippen LogP contribution is -2.43. The lowest BCUT2D eigenvalue weighted by Gasteiger charge is -2.21. The number of urea groups is 1. The van der Waals surface area contributed by atoms with E-state index in [1.165, 1.54) is 36.6 Å². The van der Waals surface area contributed by atoms with Crippen molar-refractivity contribution in [1.29, 1.82) is 0 Å². The average Bonchev–Trinajstić information content (AvgIpc) is 3.02. The number of carbonyl (C=O) groups is 2. The zero-order chi connectivity index (χ0) is 15.3. The summed E-state index contributed by atoms with van der Waals surface area (Å²) in [4.78, 5) is 25.7. The lowest BCUT2D eigenvalue weighted by atomic mass is 9.94. The van der Waals surface area contributed by atoms with E-state index in [2.05, 4.69) is 17.4 Å². The molecule has 0 saturated carbocycles. The fraction of sp³-hybridized carbons (Fsp3) is 0.667. The van der Waals surface area contributed by atoms with E-state index < -0.39 is 5.54 Å². The molecule has 6 nitrogen and oxygen atoms in total. The van der Waals surface area contributed by atoms with Gasteiger partial charge in [-0.2, -0.15) is 0 Å². The Kier molecular flexibility index (Phi) is 4.98. The van der Waals surface area contributed by atoms with Crippen molar-refractivity contribution in [1.82, 2.24) is 15.4 Å². The average molecular weight is 293 g/mol. The topological polar surface area (TPSA) is 75.4 Å². The van der Waals surface area contributed by atoms with Gasteiger partial charge in [0.05, 0.1) is 12.7 Å². The van der Waals surface area contributed by atoms with Crippen molar-refractivity contribution >= 4 is 11.9 Å². The molecule has 2 heterocycles. The van der Waals surface area contributed by atoms with Crippen LogP contribution in [0.1, 0.15) is 57.9 Å². The van der Waals surface area contributed by atoms with Gasteiger partial charge in [0.15, 0.2) is 0 Å². The first-order valence-corrected chi connectivity index (χ1v) is 7.59. The highest BCUT2D eigenvalue weighted by molar-refractivity contribution is 6.06. The molecule has 1 atom stereocenters. The number of nitrogens with zero attached hydrogens (tertiary/aromatic N) is 2. The van der Waals surface area contributed by atoms with Crippen LogP contribution >= 0.6 is 0 Å². The number of unbranched alkanes of at least 4 members (excludes halogenated alkanes) is 4. The normalized spacial score (nSPS) is 21.9. The lowest BCUT2D eigenvalue weighted by molar-refractivity contribution is -0.131. The summed E-state index contributed by atoms with van der Waals surface area (Å²) in [5.74, 6) is -0.163. The Labute approximate surface area is 124 Å². The molecular formula is C15H23N3O3. The second kappa shape index (κ2) is 6.74. The molecule has 0 spiro atoms. The zero-order valence-corrected chi connectivity index (χ0v) is 12.7. The summed E-state index contributed by atoms with van der Waals surface area (Å²) in [6, 6.07) is -0.336. The number of hydrogen-bond acceptors (Lipinski definition) is 4. The van der Waals surface area contributed by atoms with Crippen LogP contribution in [0.15, 0.2) is 17.0 Å². The smallest absolute Gasteiger partial charge is 0.325 e. The van der Waals surface area contributed by atoms with Gasteiger partial charge in [-0.3, -0.25) is 9.69 Å². The minimum Gasteiger partial charge on any atom is -0.364 e. The summed E-state index contributed by atoms with van der Waals surface area (Å²) >= 11 is 0. The van der Waals surface area contributed by atoms with Crippen LogP contribution < -0.4 is 5.32 Å². The molecule has 3 amide bonds.